The zero-order chi connectivity index (χ0) is 23.2. The van der Waals surface area contributed by atoms with E-state index >= 15 is 0 Å². The van der Waals surface area contributed by atoms with Crippen molar-refractivity contribution in [2.45, 2.75) is 38.0 Å². The van der Waals surface area contributed by atoms with Crippen molar-refractivity contribution in [3.05, 3.63) is 39.8 Å². The molecule has 2 aliphatic rings. The summed E-state index contributed by atoms with van der Waals surface area (Å²) in [7, 11) is 0. The van der Waals surface area contributed by atoms with Crippen LogP contribution in [0.25, 0.3) is 11.0 Å². The summed E-state index contributed by atoms with van der Waals surface area (Å²) in [6, 6.07) is 6.17. The fraction of sp³-hybridized carbons (Fsp3) is 0.476. The Balaban J connectivity index is 1.29. The molecular formula is C21H23F3N6O2S. The monoisotopic (exact) mass is 480 g/mol. The second-order valence-corrected chi connectivity index (χ2v) is 9.50. The zero-order valence-electron chi connectivity index (χ0n) is 17.6. The zero-order valence-corrected chi connectivity index (χ0v) is 18.4. The van der Waals surface area contributed by atoms with Crippen molar-refractivity contribution in [1.29, 1.82) is 0 Å². The number of aromatic nitrogens is 3. The third-order valence-electron chi connectivity index (χ3n) is 6.32. The summed E-state index contributed by atoms with van der Waals surface area (Å²) in [5.41, 5.74) is 3.97. The number of piperidine rings is 1. The maximum absolute atomic E-state index is 12.5. The Hall–Kier alpha value is -2.86. The molecule has 2 fully saturated rings. The molecule has 2 atom stereocenters. The van der Waals surface area contributed by atoms with E-state index in [0.717, 1.165) is 60.4 Å². The van der Waals surface area contributed by atoms with Gasteiger partial charge in [0.15, 0.2) is 5.82 Å². The predicted molar refractivity (Wildman–Crippen MR) is 119 cm³/mol. The summed E-state index contributed by atoms with van der Waals surface area (Å²) in [4.78, 5) is 37.7. The number of aromatic amines is 2. The first-order chi connectivity index (χ1) is 15.7. The number of likely N-dealkylation sites (tertiary alicyclic amines) is 1. The number of anilines is 2. The summed E-state index contributed by atoms with van der Waals surface area (Å²) >= 11 is 1.13. The third-order valence-corrected chi connectivity index (χ3v) is 7.06. The Labute approximate surface area is 190 Å². The number of benzene rings is 1. The van der Waals surface area contributed by atoms with E-state index in [-0.39, 0.29) is 11.7 Å². The van der Waals surface area contributed by atoms with Gasteiger partial charge in [0.25, 0.3) is 0 Å². The van der Waals surface area contributed by atoms with Crippen LogP contribution in [0.2, 0.25) is 0 Å². The predicted octanol–water partition coefficient (Wildman–Crippen LogP) is 3.30. The number of alkyl halides is 3. The highest BCUT2D eigenvalue weighted by atomic mass is 32.1. The van der Waals surface area contributed by atoms with Gasteiger partial charge < -0.3 is 20.2 Å². The highest BCUT2D eigenvalue weighted by Gasteiger charge is 2.40. The van der Waals surface area contributed by atoms with Crippen LogP contribution in [0.15, 0.2) is 28.5 Å². The topological polar surface area (TPSA) is 97.1 Å². The van der Waals surface area contributed by atoms with Crippen molar-refractivity contribution in [3.63, 3.8) is 0 Å². The average Bonchev–Trinajstić information content (AvgIpc) is 3.43. The number of amides is 1. The first-order valence-electron chi connectivity index (χ1n) is 10.8. The number of carbonyl (C=O) groups is 1. The van der Waals surface area contributed by atoms with Crippen LogP contribution >= 0.6 is 11.3 Å². The first kappa shape index (κ1) is 22.0. The molecule has 0 spiro atoms. The molecule has 3 N–H and O–H groups in total. The van der Waals surface area contributed by atoms with Gasteiger partial charge in [0.05, 0.1) is 16.5 Å². The molecule has 2 aliphatic heterocycles. The third kappa shape index (κ3) is 4.76. The van der Waals surface area contributed by atoms with Crippen molar-refractivity contribution in [1.82, 2.24) is 19.9 Å². The van der Waals surface area contributed by atoms with Crippen LogP contribution in [-0.2, 0) is 11.3 Å². The molecule has 0 aliphatic carbocycles. The van der Waals surface area contributed by atoms with Gasteiger partial charge in [-0.15, -0.1) is 11.3 Å². The number of nitrogens with one attached hydrogen (secondary N) is 3. The Morgan fingerprint density at radius 1 is 1.24 bits per heavy atom. The van der Waals surface area contributed by atoms with E-state index in [1.807, 2.05) is 18.2 Å². The number of nitrogens with zero attached hydrogens (tertiary/aromatic N) is 3. The number of fused-ring (bicyclic) bond motifs is 2. The number of hydrogen-bond donors (Lipinski definition) is 3. The largest absolute Gasteiger partial charge is 0.397 e. The summed E-state index contributed by atoms with van der Waals surface area (Å²) < 4.78 is 37.6. The van der Waals surface area contributed by atoms with Gasteiger partial charge in [0, 0.05) is 25.7 Å². The fourth-order valence-corrected chi connectivity index (χ4v) is 5.68. The minimum atomic E-state index is -4.55. The number of H-pyrrole nitrogens is 2. The molecule has 33 heavy (non-hydrogen) atoms. The van der Waals surface area contributed by atoms with Crippen LogP contribution in [0.4, 0.5) is 24.0 Å². The second kappa shape index (κ2) is 8.49. The minimum Gasteiger partial charge on any atom is -0.352 e. The number of rotatable bonds is 5. The van der Waals surface area contributed by atoms with Gasteiger partial charge in [-0.3, -0.25) is 9.69 Å². The lowest BCUT2D eigenvalue weighted by Gasteiger charge is -2.36. The molecule has 3 aromatic rings. The minimum absolute atomic E-state index is 0.229. The van der Waals surface area contributed by atoms with E-state index < -0.39 is 18.5 Å². The molecule has 176 valence electrons. The highest BCUT2D eigenvalue weighted by Crippen LogP contribution is 2.38. The van der Waals surface area contributed by atoms with E-state index in [2.05, 4.69) is 30.1 Å². The maximum atomic E-state index is 12.5. The smallest absolute Gasteiger partial charge is 0.352 e. The molecule has 12 heteroatoms. The van der Waals surface area contributed by atoms with Gasteiger partial charge in [-0.25, -0.2) is 9.78 Å². The van der Waals surface area contributed by atoms with Crippen molar-refractivity contribution >= 4 is 39.1 Å². The summed E-state index contributed by atoms with van der Waals surface area (Å²) in [5, 5.41) is 2.74. The van der Waals surface area contributed by atoms with Gasteiger partial charge in [0.1, 0.15) is 11.4 Å². The number of hydrogen-bond acceptors (Lipinski definition) is 6. The lowest BCUT2D eigenvalue weighted by Crippen LogP contribution is -2.44. The van der Waals surface area contributed by atoms with Gasteiger partial charge in [-0.1, -0.05) is 6.07 Å². The molecule has 2 unspecified atom stereocenters. The van der Waals surface area contributed by atoms with Gasteiger partial charge >= 0.3 is 11.9 Å². The normalized spacial score (nSPS) is 21.5. The molecule has 0 bridgehead atoms. The van der Waals surface area contributed by atoms with Crippen LogP contribution < -0.4 is 15.9 Å². The van der Waals surface area contributed by atoms with E-state index in [4.69, 9.17) is 0 Å². The van der Waals surface area contributed by atoms with E-state index in [9.17, 15) is 22.8 Å². The van der Waals surface area contributed by atoms with Gasteiger partial charge in [0.2, 0.25) is 5.91 Å². The molecule has 0 radical (unpaired) electrons. The number of carbonyl (C=O) groups excluding carboxylic acids is 1. The van der Waals surface area contributed by atoms with Crippen molar-refractivity contribution in [3.8, 4) is 0 Å². The summed E-state index contributed by atoms with van der Waals surface area (Å²) in [6.45, 7) is 3.13. The molecule has 0 saturated carbocycles. The standard InChI is InChI=1S/C21H23F3N6O2S/c22-21(23,24)7-17(31)28-19-18(25-11-33-19)30-9-13-2-1-5-29(16(13)10-30)8-12-3-4-14-15(6-12)27-20(32)26-14/h3-4,6,11,13,16H,1-2,5,7-10H2,(H,28,31)(H2,26,27,32). The Morgan fingerprint density at radius 2 is 2.06 bits per heavy atom. The number of halogens is 3. The van der Waals surface area contributed by atoms with E-state index in [0.29, 0.717) is 23.3 Å². The van der Waals surface area contributed by atoms with Crippen LogP contribution in [0.3, 0.4) is 0 Å². The molecular weight excluding hydrogens is 457 g/mol. The van der Waals surface area contributed by atoms with Crippen molar-refractivity contribution < 1.29 is 18.0 Å². The molecule has 2 aromatic heterocycles. The van der Waals surface area contributed by atoms with Crippen LogP contribution in [0.1, 0.15) is 24.8 Å². The molecule has 2 saturated heterocycles. The molecule has 1 amide bonds. The Morgan fingerprint density at radius 3 is 2.88 bits per heavy atom. The number of thiazole rings is 1. The molecule has 5 rings (SSSR count). The Kier molecular flexibility index (Phi) is 5.65. The second-order valence-electron chi connectivity index (χ2n) is 8.65. The lowest BCUT2D eigenvalue weighted by molar-refractivity contribution is -0.150. The van der Waals surface area contributed by atoms with E-state index in [1.165, 1.54) is 0 Å². The first-order valence-corrected chi connectivity index (χ1v) is 11.6. The average molecular weight is 481 g/mol. The Bertz CT molecular complexity index is 1220. The maximum Gasteiger partial charge on any atom is 0.397 e. The van der Waals surface area contributed by atoms with Crippen LogP contribution in [0.5, 0.6) is 0 Å². The number of imidazole rings is 1. The van der Waals surface area contributed by atoms with Gasteiger partial charge in [-0.2, -0.15) is 13.2 Å². The fourth-order valence-electron chi connectivity index (χ4n) is 4.96. The van der Waals surface area contributed by atoms with E-state index in [1.54, 1.807) is 5.51 Å². The van der Waals surface area contributed by atoms with Crippen LogP contribution in [0, 0.1) is 5.92 Å². The van der Waals surface area contributed by atoms with Gasteiger partial charge in [-0.05, 0) is 43.0 Å². The summed E-state index contributed by atoms with van der Waals surface area (Å²) in [5.74, 6) is -0.129. The molecule has 1 aromatic carbocycles. The SMILES string of the molecule is O=C(CC(F)(F)F)Nc1scnc1N1CC2CCCN(Cc3ccc4[nH]c(=O)[nH]c4c3)C2C1. The summed E-state index contributed by atoms with van der Waals surface area (Å²) in [6.07, 6.45) is -3.93. The molecule has 8 nitrogen and oxygen atoms in total. The molecule has 4 heterocycles. The van der Waals surface area contributed by atoms with Crippen molar-refractivity contribution in [2.75, 3.05) is 29.9 Å². The quantitative estimate of drug-likeness (QED) is 0.521. The van der Waals surface area contributed by atoms with Crippen molar-refractivity contribution in [2.24, 2.45) is 5.92 Å². The van der Waals surface area contributed by atoms with Crippen LogP contribution in [-0.4, -0.2) is 57.6 Å². The lowest BCUT2D eigenvalue weighted by atomic mass is 9.91. The highest BCUT2D eigenvalue weighted by molar-refractivity contribution is 7.14.